The molecule has 0 N–H and O–H groups in total. The highest BCUT2D eigenvalue weighted by atomic mass is 16.5. The first kappa shape index (κ1) is 11.1. The summed E-state index contributed by atoms with van der Waals surface area (Å²) in [6.45, 7) is 0. The summed E-state index contributed by atoms with van der Waals surface area (Å²) < 4.78 is 5.54. The molecule has 3 aromatic rings. The molecule has 4 nitrogen and oxygen atoms in total. The second kappa shape index (κ2) is 3.87. The molecule has 1 aromatic carbocycles. The normalized spacial score (nSPS) is 12.3. The monoisotopic (exact) mass is 262 g/mol. The number of nitrogens with zero attached hydrogens (tertiary/aromatic N) is 2. The third kappa shape index (κ3) is 1.28. The lowest BCUT2D eigenvalue weighted by Crippen LogP contribution is -1.96. The molecule has 0 saturated carbocycles. The minimum atomic E-state index is 0.000104. The molecule has 20 heavy (non-hydrogen) atoms. The van der Waals surface area contributed by atoms with Crippen molar-refractivity contribution in [2.75, 3.05) is 7.11 Å². The van der Waals surface area contributed by atoms with Crippen LogP contribution >= 0.6 is 0 Å². The van der Waals surface area contributed by atoms with Crippen molar-refractivity contribution < 1.29 is 9.53 Å². The number of benzene rings is 1. The van der Waals surface area contributed by atoms with Crippen LogP contribution in [-0.4, -0.2) is 22.9 Å². The van der Waals surface area contributed by atoms with E-state index in [1.165, 1.54) is 0 Å². The van der Waals surface area contributed by atoms with Gasteiger partial charge in [0.25, 0.3) is 0 Å². The Morgan fingerprint density at radius 1 is 1.15 bits per heavy atom. The number of carbonyl (C=O) groups excluding carboxylic acids is 1. The molecule has 0 unspecified atom stereocenters. The second-order valence-electron chi connectivity index (χ2n) is 4.66. The van der Waals surface area contributed by atoms with Gasteiger partial charge in [0.1, 0.15) is 5.75 Å². The maximum Gasteiger partial charge on any atom is 0.196 e. The topological polar surface area (TPSA) is 52.1 Å². The first-order valence-corrected chi connectivity index (χ1v) is 6.26. The second-order valence-corrected chi connectivity index (χ2v) is 4.66. The third-order valence-corrected chi connectivity index (χ3v) is 3.63. The Balaban J connectivity index is 2.20. The Morgan fingerprint density at radius 2 is 2.05 bits per heavy atom. The molecule has 0 spiro atoms. The lowest BCUT2D eigenvalue weighted by atomic mass is 10.0. The van der Waals surface area contributed by atoms with Gasteiger partial charge in [0, 0.05) is 35.1 Å². The van der Waals surface area contributed by atoms with E-state index >= 15 is 0 Å². The number of hydrogen-bond donors (Lipinski definition) is 0. The van der Waals surface area contributed by atoms with Gasteiger partial charge < -0.3 is 4.74 Å². The zero-order chi connectivity index (χ0) is 13.7. The van der Waals surface area contributed by atoms with Crippen LogP contribution in [0.4, 0.5) is 0 Å². The Labute approximate surface area is 115 Å². The molecule has 0 bridgehead atoms. The molecule has 0 radical (unpaired) electrons. The van der Waals surface area contributed by atoms with Crippen molar-refractivity contribution in [1.82, 2.24) is 9.97 Å². The van der Waals surface area contributed by atoms with E-state index in [0.29, 0.717) is 22.6 Å². The minimum absolute atomic E-state index is 0.000104. The zero-order valence-electron chi connectivity index (χ0n) is 10.8. The molecule has 0 amide bonds. The number of ether oxygens (including phenoxy) is 1. The predicted octanol–water partition coefficient (Wildman–Crippen LogP) is 2.85. The van der Waals surface area contributed by atoms with E-state index < -0.39 is 0 Å². The molecular formula is C16H10N2O2. The van der Waals surface area contributed by atoms with E-state index in [0.717, 1.165) is 16.3 Å². The summed E-state index contributed by atoms with van der Waals surface area (Å²) >= 11 is 0. The Bertz CT molecular complexity index is 871. The molecule has 0 fully saturated rings. The van der Waals surface area contributed by atoms with E-state index in [1.807, 2.05) is 12.1 Å². The quantitative estimate of drug-likeness (QED) is 0.529. The molecule has 4 heteroatoms. The van der Waals surface area contributed by atoms with Crippen LogP contribution in [0.3, 0.4) is 0 Å². The van der Waals surface area contributed by atoms with Crippen LogP contribution in [0.1, 0.15) is 15.9 Å². The Hall–Kier alpha value is -2.75. The maximum absolute atomic E-state index is 12.5. The number of aromatic nitrogens is 2. The van der Waals surface area contributed by atoms with Gasteiger partial charge in [-0.1, -0.05) is 0 Å². The lowest BCUT2D eigenvalue weighted by Gasteiger charge is -2.10. The fourth-order valence-corrected chi connectivity index (χ4v) is 2.76. The fourth-order valence-electron chi connectivity index (χ4n) is 2.76. The van der Waals surface area contributed by atoms with Crippen LogP contribution in [0.15, 0.2) is 42.9 Å². The standard InChI is InChI=1S/C16H10N2O2/c1-20-16-12-8-17-6-4-9(12)7-11-13(16)14-10(15(11)19)3-2-5-18-14/h2-8H,1H3. The lowest BCUT2D eigenvalue weighted by molar-refractivity contribution is 0.104. The van der Waals surface area contributed by atoms with Crippen LogP contribution in [-0.2, 0) is 0 Å². The number of rotatable bonds is 1. The van der Waals surface area contributed by atoms with Crippen LogP contribution in [0.25, 0.3) is 22.0 Å². The highest BCUT2D eigenvalue weighted by Crippen LogP contribution is 2.44. The summed E-state index contributed by atoms with van der Waals surface area (Å²) in [5, 5.41) is 1.83. The summed E-state index contributed by atoms with van der Waals surface area (Å²) in [7, 11) is 1.60. The number of hydrogen-bond acceptors (Lipinski definition) is 4. The average Bonchev–Trinajstić information content (AvgIpc) is 2.79. The predicted molar refractivity (Wildman–Crippen MR) is 75.0 cm³/mol. The summed E-state index contributed by atoms with van der Waals surface area (Å²) in [6, 6.07) is 7.34. The van der Waals surface area contributed by atoms with E-state index in [2.05, 4.69) is 9.97 Å². The van der Waals surface area contributed by atoms with Gasteiger partial charge >= 0.3 is 0 Å². The molecule has 2 aromatic heterocycles. The van der Waals surface area contributed by atoms with Gasteiger partial charge in [-0.2, -0.15) is 0 Å². The van der Waals surface area contributed by atoms with Crippen molar-refractivity contribution >= 4 is 16.6 Å². The van der Waals surface area contributed by atoms with Crippen molar-refractivity contribution in [3.8, 4) is 17.0 Å². The molecule has 4 rings (SSSR count). The molecule has 0 atom stereocenters. The molecule has 0 aliphatic heterocycles. The molecule has 96 valence electrons. The summed E-state index contributed by atoms with van der Waals surface area (Å²) in [5.74, 6) is 0.663. The van der Waals surface area contributed by atoms with Crippen molar-refractivity contribution in [2.24, 2.45) is 0 Å². The summed E-state index contributed by atoms with van der Waals surface area (Å²) in [6.07, 6.45) is 5.15. The average molecular weight is 262 g/mol. The smallest absolute Gasteiger partial charge is 0.196 e. The van der Waals surface area contributed by atoms with Crippen molar-refractivity contribution in [3.63, 3.8) is 0 Å². The van der Waals surface area contributed by atoms with Gasteiger partial charge in [0.15, 0.2) is 5.78 Å². The first-order chi connectivity index (χ1) is 9.81. The number of fused-ring (bicyclic) bond motifs is 4. The highest BCUT2D eigenvalue weighted by molar-refractivity contribution is 6.24. The molecule has 0 saturated heterocycles. The van der Waals surface area contributed by atoms with Crippen LogP contribution < -0.4 is 4.74 Å². The number of methoxy groups -OCH3 is 1. The van der Waals surface area contributed by atoms with Crippen LogP contribution in [0, 0.1) is 0 Å². The van der Waals surface area contributed by atoms with Gasteiger partial charge in [-0.25, -0.2) is 0 Å². The third-order valence-electron chi connectivity index (χ3n) is 3.63. The minimum Gasteiger partial charge on any atom is -0.495 e. The largest absolute Gasteiger partial charge is 0.495 e. The zero-order valence-corrected chi connectivity index (χ0v) is 10.8. The number of carbonyl (C=O) groups is 1. The summed E-state index contributed by atoms with van der Waals surface area (Å²) in [4.78, 5) is 21.0. The first-order valence-electron chi connectivity index (χ1n) is 6.26. The molecule has 1 aliphatic rings. The molecular weight excluding hydrogens is 252 g/mol. The maximum atomic E-state index is 12.5. The van der Waals surface area contributed by atoms with Gasteiger partial charge in [0.2, 0.25) is 0 Å². The van der Waals surface area contributed by atoms with Gasteiger partial charge in [-0.3, -0.25) is 14.8 Å². The van der Waals surface area contributed by atoms with Crippen molar-refractivity contribution in [2.45, 2.75) is 0 Å². The van der Waals surface area contributed by atoms with Crippen molar-refractivity contribution in [1.29, 1.82) is 0 Å². The Kier molecular flexibility index (Phi) is 2.15. The van der Waals surface area contributed by atoms with E-state index in [1.54, 1.807) is 37.8 Å². The summed E-state index contributed by atoms with van der Waals surface area (Å²) in [5.41, 5.74) is 2.74. The number of pyridine rings is 2. The van der Waals surface area contributed by atoms with E-state index in [-0.39, 0.29) is 5.78 Å². The van der Waals surface area contributed by atoms with E-state index in [9.17, 15) is 4.79 Å². The fraction of sp³-hybridized carbons (Fsp3) is 0.0625. The van der Waals surface area contributed by atoms with E-state index in [4.69, 9.17) is 4.74 Å². The van der Waals surface area contributed by atoms with Crippen molar-refractivity contribution in [3.05, 3.63) is 54.0 Å². The highest BCUT2D eigenvalue weighted by Gasteiger charge is 2.31. The van der Waals surface area contributed by atoms with Gasteiger partial charge in [-0.05, 0) is 29.7 Å². The van der Waals surface area contributed by atoms with Gasteiger partial charge in [0.05, 0.1) is 18.4 Å². The number of ketones is 1. The Morgan fingerprint density at radius 3 is 2.90 bits per heavy atom. The van der Waals surface area contributed by atoms with Crippen LogP contribution in [0.2, 0.25) is 0 Å². The molecule has 1 aliphatic carbocycles. The SMILES string of the molecule is COc1c2c(cc3ccncc13)C(=O)c1cccnc1-2. The molecule has 2 heterocycles. The van der Waals surface area contributed by atoms with Crippen LogP contribution in [0.5, 0.6) is 5.75 Å². The van der Waals surface area contributed by atoms with Gasteiger partial charge in [-0.15, -0.1) is 0 Å².